The molecule has 15 heavy (non-hydrogen) atoms. The fraction of sp³-hybridized carbons (Fsp3) is 0.500. The van der Waals surface area contributed by atoms with E-state index in [0.717, 1.165) is 23.9 Å². The van der Waals surface area contributed by atoms with Crippen LogP contribution in [-0.4, -0.2) is 19.5 Å². The molecule has 0 bridgehead atoms. The van der Waals surface area contributed by atoms with E-state index in [2.05, 4.69) is 21.9 Å². The molecule has 2 heterocycles. The Balaban J connectivity index is 2.20. The minimum Gasteiger partial charge on any atom is -0.315 e. The molecule has 0 aromatic heterocycles. The van der Waals surface area contributed by atoms with E-state index in [1.165, 1.54) is 12.8 Å². The van der Waals surface area contributed by atoms with Crippen LogP contribution >= 0.6 is 11.6 Å². The van der Waals surface area contributed by atoms with Gasteiger partial charge >= 0.3 is 0 Å². The van der Waals surface area contributed by atoms with Crippen molar-refractivity contribution >= 4 is 11.6 Å². The molecule has 4 nitrogen and oxygen atoms in total. The highest BCUT2D eigenvalue weighted by Gasteiger charge is 2.30. The fourth-order valence-electron chi connectivity index (χ4n) is 1.68. The van der Waals surface area contributed by atoms with Crippen LogP contribution in [-0.2, 0) is 6.54 Å². The SMILES string of the molecule is CCn1cnc(Cl)c2nc(C3CC3)nc1-2. The third-order valence-corrected chi connectivity index (χ3v) is 3.00. The molecule has 0 radical (unpaired) electrons. The van der Waals surface area contributed by atoms with Gasteiger partial charge in [0.25, 0.3) is 0 Å². The van der Waals surface area contributed by atoms with E-state index in [9.17, 15) is 0 Å². The Kier molecular flexibility index (Phi) is 1.92. The van der Waals surface area contributed by atoms with Gasteiger partial charge < -0.3 is 4.57 Å². The molecule has 5 heteroatoms. The van der Waals surface area contributed by atoms with Crippen molar-refractivity contribution in [1.82, 2.24) is 19.5 Å². The van der Waals surface area contributed by atoms with Gasteiger partial charge in [0.2, 0.25) is 0 Å². The average Bonchev–Trinajstić information content (AvgIpc) is 2.99. The number of fused-ring (bicyclic) bond motifs is 1. The molecule has 0 aromatic rings. The lowest BCUT2D eigenvalue weighted by Crippen LogP contribution is -2.03. The molecule has 0 amide bonds. The summed E-state index contributed by atoms with van der Waals surface area (Å²) in [6.07, 6.45) is 4.12. The number of nitrogens with zero attached hydrogens (tertiary/aromatic N) is 4. The number of hydrogen-bond donors (Lipinski definition) is 0. The van der Waals surface area contributed by atoms with Crippen LogP contribution < -0.4 is 0 Å². The molecular weight excluding hydrogens is 212 g/mol. The van der Waals surface area contributed by atoms with Crippen LogP contribution in [0.25, 0.3) is 11.5 Å². The van der Waals surface area contributed by atoms with E-state index >= 15 is 0 Å². The minimum atomic E-state index is 0.453. The lowest BCUT2D eigenvalue weighted by Gasteiger charge is -2.06. The summed E-state index contributed by atoms with van der Waals surface area (Å²) >= 11 is 6.00. The summed E-state index contributed by atoms with van der Waals surface area (Å²) in [6, 6.07) is 0. The zero-order chi connectivity index (χ0) is 10.4. The summed E-state index contributed by atoms with van der Waals surface area (Å²) in [7, 11) is 0. The molecule has 3 rings (SSSR count). The first-order chi connectivity index (χ1) is 7.29. The molecule has 0 N–H and O–H groups in total. The van der Waals surface area contributed by atoms with Gasteiger partial charge in [-0.05, 0) is 19.8 Å². The highest BCUT2D eigenvalue weighted by atomic mass is 35.5. The highest BCUT2D eigenvalue weighted by molar-refractivity contribution is 6.31. The van der Waals surface area contributed by atoms with Crippen molar-refractivity contribution in [3.63, 3.8) is 0 Å². The van der Waals surface area contributed by atoms with Gasteiger partial charge in [-0.25, -0.2) is 15.0 Å². The van der Waals surface area contributed by atoms with E-state index in [1.54, 1.807) is 6.33 Å². The topological polar surface area (TPSA) is 43.6 Å². The van der Waals surface area contributed by atoms with Crippen molar-refractivity contribution in [2.75, 3.05) is 0 Å². The van der Waals surface area contributed by atoms with Crippen molar-refractivity contribution in [2.24, 2.45) is 0 Å². The van der Waals surface area contributed by atoms with Crippen molar-refractivity contribution in [3.05, 3.63) is 17.3 Å². The second kappa shape index (κ2) is 3.17. The first-order valence-electron chi connectivity index (χ1n) is 5.18. The van der Waals surface area contributed by atoms with Crippen LogP contribution in [0.1, 0.15) is 31.5 Å². The number of halogens is 1. The van der Waals surface area contributed by atoms with Gasteiger partial charge in [-0.15, -0.1) is 0 Å². The standard InChI is InChI=1S/C10H11ClN4/c1-2-15-5-12-8(11)7-10(15)14-9(13-7)6-3-4-6/h5-6H,2-4H2,1H3. The summed E-state index contributed by atoms with van der Waals surface area (Å²) in [6.45, 7) is 2.89. The van der Waals surface area contributed by atoms with Crippen molar-refractivity contribution in [3.8, 4) is 11.5 Å². The Morgan fingerprint density at radius 1 is 1.47 bits per heavy atom. The largest absolute Gasteiger partial charge is 0.315 e. The summed E-state index contributed by atoms with van der Waals surface area (Å²) < 4.78 is 1.97. The molecule has 0 atom stereocenters. The van der Waals surface area contributed by atoms with Gasteiger partial charge in [0.15, 0.2) is 11.0 Å². The zero-order valence-electron chi connectivity index (χ0n) is 8.44. The Labute approximate surface area is 92.7 Å². The maximum Gasteiger partial charge on any atom is 0.165 e. The number of aromatic nitrogens is 4. The van der Waals surface area contributed by atoms with E-state index in [-0.39, 0.29) is 0 Å². The van der Waals surface area contributed by atoms with Gasteiger partial charge in [-0.2, -0.15) is 0 Å². The number of rotatable bonds is 2. The number of hydrogen-bond acceptors (Lipinski definition) is 3. The lowest BCUT2D eigenvalue weighted by atomic mass is 10.4. The first kappa shape index (κ1) is 9.09. The molecule has 1 aliphatic carbocycles. The van der Waals surface area contributed by atoms with Crippen molar-refractivity contribution < 1.29 is 0 Å². The molecule has 0 aromatic carbocycles. The normalized spacial score (nSPS) is 16.1. The van der Waals surface area contributed by atoms with E-state index < -0.39 is 0 Å². The van der Waals surface area contributed by atoms with Crippen LogP contribution in [0.4, 0.5) is 0 Å². The second-order valence-electron chi connectivity index (χ2n) is 3.85. The Bertz CT molecular complexity index is 475. The fourth-order valence-corrected chi connectivity index (χ4v) is 1.85. The van der Waals surface area contributed by atoms with E-state index in [1.807, 2.05) is 4.57 Å². The molecule has 1 saturated carbocycles. The molecule has 1 fully saturated rings. The van der Waals surface area contributed by atoms with Crippen molar-refractivity contribution in [1.29, 1.82) is 0 Å². The Morgan fingerprint density at radius 2 is 2.27 bits per heavy atom. The first-order valence-corrected chi connectivity index (χ1v) is 5.55. The summed E-state index contributed by atoms with van der Waals surface area (Å²) in [5.41, 5.74) is 0.739. The summed E-state index contributed by atoms with van der Waals surface area (Å²) in [5, 5.41) is 0.453. The van der Waals surface area contributed by atoms with Crippen molar-refractivity contribution in [2.45, 2.75) is 32.2 Å². The van der Waals surface area contributed by atoms with Crippen LogP contribution in [0.15, 0.2) is 6.33 Å². The second-order valence-corrected chi connectivity index (χ2v) is 4.21. The third-order valence-electron chi connectivity index (χ3n) is 2.72. The average molecular weight is 223 g/mol. The molecule has 0 unspecified atom stereocenters. The third kappa shape index (κ3) is 1.40. The van der Waals surface area contributed by atoms with Gasteiger partial charge in [0, 0.05) is 12.5 Å². The van der Waals surface area contributed by atoms with Gasteiger partial charge in [-0.1, -0.05) is 11.6 Å². The smallest absolute Gasteiger partial charge is 0.165 e. The highest BCUT2D eigenvalue weighted by Crippen LogP contribution is 2.40. The molecule has 78 valence electrons. The van der Waals surface area contributed by atoms with Gasteiger partial charge in [-0.3, -0.25) is 0 Å². The monoisotopic (exact) mass is 222 g/mol. The quantitative estimate of drug-likeness (QED) is 0.733. The maximum atomic E-state index is 6.00. The van der Waals surface area contributed by atoms with E-state index in [4.69, 9.17) is 11.6 Å². The number of aryl methyl sites for hydroxylation is 1. The van der Waals surface area contributed by atoms with Crippen LogP contribution in [0.5, 0.6) is 0 Å². The van der Waals surface area contributed by atoms with Crippen LogP contribution in [0.2, 0.25) is 5.15 Å². The zero-order valence-corrected chi connectivity index (χ0v) is 9.20. The lowest BCUT2D eigenvalue weighted by molar-refractivity contribution is 0.728. The molecule has 2 aliphatic heterocycles. The number of imidazole rings is 1. The predicted octanol–water partition coefficient (Wildman–Crippen LogP) is 2.33. The van der Waals surface area contributed by atoms with E-state index in [0.29, 0.717) is 11.1 Å². The van der Waals surface area contributed by atoms with Gasteiger partial charge in [0.1, 0.15) is 11.5 Å². The predicted molar refractivity (Wildman–Crippen MR) is 57.1 cm³/mol. The Hall–Kier alpha value is -1.16. The molecule has 3 aliphatic rings. The Morgan fingerprint density at radius 3 is 2.93 bits per heavy atom. The molecular formula is C10H11ClN4. The minimum absolute atomic E-state index is 0.453. The van der Waals surface area contributed by atoms with Gasteiger partial charge in [0.05, 0.1) is 6.33 Å². The van der Waals surface area contributed by atoms with Crippen LogP contribution in [0.3, 0.4) is 0 Å². The van der Waals surface area contributed by atoms with Crippen LogP contribution in [0, 0.1) is 0 Å². The molecule has 0 spiro atoms. The molecule has 0 saturated heterocycles. The maximum absolute atomic E-state index is 6.00. The summed E-state index contributed by atoms with van der Waals surface area (Å²) in [5.74, 6) is 2.35. The summed E-state index contributed by atoms with van der Waals surface area (Å²) in [4.78, 5) is 13.1.